The first-order chi connectivity index (χ1) is 12.8. The van der Waals surface area contributed by atoms with Crippen LogP contribution in [0.5, 0.6) is 0 Å². The highest BCUT2D eigenvalue weighted by molar-refractivity contribution is 7.91. The number of nitrogens with zero attached hydrogens (tertiary/aromatic N) is 1. The number of hydrogen-bond donors (Lipinski definition) is 1. The quantitative estimate of drug-likeness (QED) is 0.739. The highest BCUT2D eigenvalue weighted by Gasteiger charge is 2.21. The van der Waals surface area contributed by atoms with Crippen molar-refractivity contribution in [2.75, 3.05) is 37.7 Å². The number of carbonyl (C=O) groups excluding carboxylic acids is 1. The Hall–Kier alpha value is -1.12. The lowest BCUT2D eigenvalue weighted by molar-refractivity contribution is -0.120. The minimum absolute atomic E-state index is 0.0461. The van der Waals surface area contributed by atoms with Gasteiger partial charge in [0.2, 0.25) is 5.91 Å². The molecule has 9 heteroatoms. The first-order valence-electron chi connectivity index (χ1n) is 8.56. The minimum Gasteiger partial charge on any atom is -0.355 e. The first kappa shape index (κ1) is 20.6. The molecule has 0 aliphatic carbocycles. The molecule has 1 aromatic heterocycles. The van der Waals surface area contributed by atoms with Crippen molar-refractivity contribution in [3.05, 3.63) is 45.3 Å². The van der Waals surface area contributed by atoms with E-state index in [1.54, 1.807) is 12.1 Å². The topological polar surface area (TPSA) is 66.5 Å². The van der Waals surface area contributed by atoms with Gasteiger partial charge in [0, 0.05) is 46.5 Å². The molecule has 2 heterocycles. The van der Waals surface area contributed by atoms with Crippen LogP contribution in [0, 0.1) is 0 Å². The smallest absolute Gasteiger partial charge is 0.225 e. The zero-order valence-corrected chi connectivity index (χ0v) is 17.7. The fraction of sp³-hybridized carbons (Fsp3) is 0.389. The van der Waals surface area contributed by atoms with Crippen molar-refractivity contribution in [2.45, 2.75) is 6.42 Å². The Morgan fingerprint density at radius 1 is 1.15 bits per heavy atom. The molecule has 3 rings (SSSR count). The summed E-state index contributed by atoms with van der Waals surface area (Å²) in [6.07, 6.45) is 0.310. The van der Waals surface area contributed by atoms with E-state index in [1.807, 2.05) is 18.2 Å². The third kappa shape index (κ3) is 5.93. The zero-order valence-electron chi connectivity index (χ0n) is 14.6. The summed E-state index contributed by atoms with van der Waals surface area (Å²) in [6, 6.07) is 9.26. The Bertz CT molecular complexity index is 914. The van der Waals surface area contributed by atoms with Gasteiger partial charge in [-0.1, -0.05) is 29.3 Å². The van der Waals surface area contributed by atoms with Gasteiger partial charge in [0.15, 0.2) is 9.84 Å². The monoisotopic (exact) mass is 446 g/mol. The van der Waals surface area contributed by atoms with Crippen LogP contribution >= 0.6 is 34.5 Å². The van der Waals surface area contributed by atoms with Crippen molar-refractivity contribution in [1.82, 2.24) is 10.2 Å². The summed E-state index contributed by atoms with van der Waals surface area (Å²) in [5.74, 6) is 0.355. The van der Waals surface area contributed by atoms with Crippen LogP contribution in [0.15, 0.2) is 30.3 Å². The molecule has 1 N–H and O–H groups in total. The SMILES string of the molecule is O=C(Cc1ccc(-c2ccc(Cl)cc2Cl)s1)NCCN1CCS(=O)(=O)CC1. The summed E-state index contributed by atoms with van der Waals surface area (Å²) in [4.78, 5) is 16.2. The maximum atomic E-state index is 12.2. The second-order valence-corrected chi connectivity index (χ2v) is 10.7. The van der Waals surface area contributed by atoms with E-state index in [2.05, 4.69) is 10.2 Å². The maximum Gasteiger partial charge on any atom is 0.225 e. The van der Waals surface area contributed by atoms with E-state index in [0.717, 1.165) is 15.3 Å². The van der Waals surface area contributed by atoms with Crippen LogP contribution in [-0.4, -0.2) is 56.9 Å². The Morgan fingerprint density at radius 3 is 2.59 bits per heavy atom. The summed E-state index contributed by atoms with van der Waals surface area (Å²) in [5, 5.41) is 4.08. The second kappa shape index (κ2) is 8.92. The molecule has 1 saturated heterocycles. The van der Waals surface area contributed by atoms with Gasteiger partial charge in [0.25, 0.3) is 0 Å². The predicted molar refractivity (Wildman–Crippen MR) is 112 cm³/mol. The number of hydrogen-bond acceptors (Lipinski definition) is 5. The summed E-state index contributed by atoms with van der Waals surface area (Å²) < 4.78 is 22.8. The Balaban J connectivity index is 1.47. The molecule has 0 unspecified atom stereocenters. The largest absolute Gasteiger partial charge is 0.355 e. The number of nitrogens with one attached hydrogen (secondary N) is 1. The zero-order chi connectivity index (χ0) is 19.4. The molecule has 0 radical (unpaired) electrons. The fourth-order valence-corrected chi connectivity index (χ4v) is 5.74. The molecular weight excluding hydrogens is 427 g/mol. The molecule has 0 atom stereocenters. The van der Waals surface area contributed by atoms with Crippen molar-refractivity contribution >= 4 is 50.3 Å². The van der Waals surface area contributed by atoms with Crippen molar-refractivity contribution in [1.29, 1.82) is 0 Å². The van der Waals surface area contributed by atoms with Crippen LogP contribution in [0.3, 0.4) is 0 Å². The van der Waals surface area contributed by atoms with Crippen LogP contribution in [0.4, 0.5) is 0 Å². The van der Waals surface area contributed by atoms with Crippen molar-refractivity contribution in [3.63, 3.8) is 0 Å². The molecule has 0 spiro atoms. The van der Waals surface area contributed by atoms with Crippen LogP contribution in [0.2, 0.25) is 10.0 Å². The molecule has 1 aliphatic heterocycles. The number of carbonyl (C=O) groups is 1. The molecule has 1 amide bonds. The standard InChI is InChI=1S/C18H20Cl2N2O3S2/c19-13-1-3-15(16(20)11-13)17-4-2-14(26-17)12-18(23)21-5-6-22-7-9-27(24,25)10-8-22/h1-4,11H,5-10,12H2,(H,21,23). The highest BCUT2D eigenvalue weighted by Crippen LogP contribution is 2.35. The van der Waals surface area contributed by atoms with Gasteiger partial charge in [-0.3, -0.25) is 9.69 Å². The van der Waals surface area contributed by atoms with E-state index in [1.165, 1.54) is 11.3 Å². The van der Waals surface area contributed by atoms with Gasteiger partial charge in [0.05, 0.1) is 22.9 Å². The minimum atomic E-state index is -2.87. The summed E-state index contributed by atoms with van der Waals surface area (Å²) in [5.41, 5.74) is 0.901. The number of halogens is 2. The van der Waals surface area contributed by atoms with Gasteiger partial charge in [0.1, 0.15) is 0 Å². The molecule has 1 aliphatic rings. The third-order valence-corrected chi connectivity index (χ3v) is 7.66. The number of rotatable bonds is 6. The van der Waals surface area contributed by atoms with E-state index >= 15 is 0 Å². The number of benzene rings is 1. The number of thiophene rings is 1. The molecule has 1 fully saturated rings. The molecule has 1 aromatic carbocycles. The summed E-state index contributed by atoms with van der Waals surface area (Å²) in [7, 11) is -2.87. The van der Waals surface area contributed by atoms with Gasteiger partial charge < -0.3 is 5.32 Å². The molecule has 2 aromatic rings. The van der Waals surface area contributed by atoms with E-state index in [9.17, 15) is 13.2 Å². The molecular formula is C18H20Cl2N2O3S2. The van der Waals surface area contributed by atoms with Crippen LogP contribution in [0.25, 0.3) is 10.4 Å². The lowest BCUT2D eigenvalue weighted by Crippen LogP contribution is -2.44. The van der Waals surface area contributed by atoms with Gasteiger partial charge in [-0.05, 0) is 24.3 Å². The second-order valence-electron chi connectivity index (χ2n) is 6.41. The third-order valence-electron chi connectivity index (χ3n) is 4.38. The number of amides is 1. The lowest BCUT2D eigenvalue weighted by atomic mass is 10.2. The molecule has 0 bridgehead atoms. The van der Waals surface area contributed by atoms with Gasteiger partial charge in [-0.15, -0.1) is 11.3 Å². The van der Waals surface area contributed by atoms with E-state index in [4.69, 9.17) is 23.2 Å². The van der Waals surface area contributed by atoms with Crippen LogP contribution < -0.4 is 5.32 Å². The Kier molecular flexibility index (Phi) is 6.81. The Labute approximate surface area is 173 Å². The lowest BCUT2D eigenvalue weighted by Gasteiger charge is -2.26. The summed E-state index contributed by atoms with van der Waals surface area (Å²) >= 11 is 13.7. The van der Waals surface area contributed by atoms with E-state index in [-0.39, 0.29) is 17.4 Å². The molecule has 146 valence electrons. The fourth-order valence-electron chi connectivity index (χ4n) is 2.86. The van der Waals surface area contributed by atoms with Gasteiger partial charge in [-0.2, -0.15) is 0 Å². The first-order valence-corrected chi connectivity index (χ1v) is 12.0. The van der Waals surface area contributed by atoms with Crippen LogP contribution in [0.1, 0.15) is 4.88 Å². The predicted octanol–water partition coefficient (Wildman–Crippen LogP) is 3.11. The Morgan fingerprint density at radius 2 is 1.89 bits per heavy atom. The van der Waals surface area contributed by atoms with Crippen molar-refractivity contribution in [2.24, 2.45) is 0 Å². The van der Waals surface area contributed by atoms with Gasteiger partial charge in [-0.25, -0.2) is 8.42 Å². The molecule has 0 saturated carbocycles. The summed E-state index contributed by atoms with van der Waals surface area (Å²) in [6.45, 7) is 2.25. The van der Waals surface area contributed by atoms with Crippen molar-refractivity contribution < 1.29 is 13.2 Å². The maximum absolute atomic E-state index is 12.2. The highest BCUT2D eigenvalue weighted by atomic mass is 35.5. The number of sulfone groups is 1. The van der Waals surface area contributed by atoms with Gasteiger partial charge >= 0.3 is 0 Å². The normalized spacial score (nSPS) is 17.0. The molecule has 5 nitrogen and oxygen atoms in total. The van der Waals surface area contributed by atoms with E-state index < -0.39 is 9.84 Å². The van der Waals surface area contributed by atoms with Crippen LogP contribution in [-0.2, 0) is 21.1 Å². The molecule has 27 heavy (non-hydrogen) atoms. The van der Waals surface area contributed by atoms with Crippen molar-refractivity contribution in [3.8, 4) is 10.4 Å². The van der Waals surface area contributed by atoms with E-state index in [0.29, 0.717) is 42.6 Å². The average Bonchev–Trinajstić information content (AvgIpc) is 3.04. The average molecular weight is 447 g/mol.